The molecule has 0 saturated carbocycles. The molecule has 0 radical (unpaired) electrons. The molecule has 1 fully saturated rings. The number of anilines is 1. The minimum Gasteiger partial charge on any atom is -0.384 e. The van der Waals surface area contributed by atoms with Gasteiger partial charge in [0, 0.05) is 34.5 Å². The molecular weight excluding hydrogens is 347 g/mol. The van der Waals surface area contributed by atoms with Crippen molar-refractivity contribution in [3.8, 4) is 0 Å². The molecule has 98 valence electrons. The summed E-state index contributed by atoms with van der Waals surface area (Å²) >= 11 is 2.12. The fourth-order valence-electron chi connectivity index (χ4n) is 1.98. The number of hydrogen-bond donors (Lipinski definition) is 1. The third-order valence-electron chi connectivity index (χ3n) is 3.00. The SMILES string of the molecule is O=[N+]([O-])c1ccc(NCC2CCCOC2)c(I)c1. The number of nitro groups is 1. The Morgan fingerprint density at radius 2 is 2.39 bits per heavy atom. The van der Waals surface area contributed by atoms with Gasteiger partial charge in [-0.25, -0.2) is 0 Å². The van der Waals surface area contributed by atoms with Gasteiger partial charge in [-0.15, -0.1) is 0 Å². The molecule has 0 aromatic heterocycles. The Balaban J connectivity index is 1.94. The first-order valence-electron chi connectivity index (χ1n) is 5.92. The van der Waals surface area contributed by atoms with Gasteiger partial charge in [0.15, 0.2) is 0 Å². The summed E-state index contributed by atoms with van der Waals surface area (Å²) in [5.41, 5.74) is 1.08. The molecule has 2 rings (SSSR count). The Morgan fingerprint density at radius 3 is 3.00 bits per heavy atom. The van der Waals surface area contributed by atoms with Crippen molar-refractivity contribution in [3.63, 3.8) is 0 Å². The minimum absolute atomic E-state index is 0.131. The van der Waals surface area contributed by atoms with E-state index in [2.05, 4.69) is 27.9 Å². The van der Waals surface area contributed by atoms with Gasteiger partial charge in [0.2, 0.25) is 0 Å². The van der Waals surface area contributed by atoms with E-state index in [-0.39, 0.29) is 10.6 Å². The monoisotopic (exact) mass is 362 g/mol. The summed E-state index contributed by atoms with van der Waals surface area (Å²) in [4.78, 5) is 10.3. The largest absolute Gasteiger partial charge is 0.384 e. The summed E-state index contributed by atoms with van der Waals surface area (Å²) in [7, 11) is 0. The van der Waals surface area contributed by atoms with Gasteiger partial charge in [-0.1, -0.05) is 0 Å². The molecule has 1 N–H and O–H groups in total. The zero-order valence-corrected chi connectivity index (χ0v) is 12.1. The van der Waals surface area contributed by atoms with Crippen molar-refractivity contribution in [2.75, 3.05) is 25.1 Å². The molecule has 0 bridgehead atoms. The predicted octanol–water partition coefficient (Wildman–Crippen LogP) is 3.04. The maximum absolute atomic E-state index is 10.6. The van der Waals surface area contributed by atoms with Gasteiger partial charge in [0.25, 0.3) is 5.69 Å². The Kier molecular flexibility index (Phi) is 4.76. The highest BCUT2D eigenvalue weighted by atomic mass is 127. The second-order valence-electron chi connectivity index (χ2n) is 4.39. The Bertz CT molecular complexity index is 433. The lowest BCUT2D eigenvalue weighted by Crippen LogP contribution is -2.24. The number of rotatable bonds is 4. The third kappa shape index (κ3) is 3.55. The maximum Gasteiger partial charge on any atom is 0.270 e. The number of hydrogen-bond acceptors (Lipinski definition) is 4. The highest BCUT2D eigenvalue weighted by molar-refractivity contribution is 14.1. The van der Waals surface area contributed by atoms with E-state index in [1.807, 2.05) is 0 Å². The number of halogens is 1. The van der Waals surface area contributed by atoms with Gasteiger partial charge in [0.05, 0.1) is 11.5 Å². The van der Waals surface area contributed by atoms with Crippen LogP contribution in [0.15, 0.2) is 18.2 Å². The van der Waals surface area contributed by atoms with Crippen molar-refractivity contribution in [1.29, 1.82) is 0 Å². The lowest BCUT2D eigenvalue weighted by molar-refractivity contribution is -0.384. The van der Waals surface area contributed by atoms with Crippen LogP contribution in [0.2, 0.25) is 0 Å². The van der Waals surface area contributed by atoms with E-state index < -0.39 is 0 Å². The van der Waals surface area contributed by atoms with E-state index in [1.54, 1.807) is 12.1 Å². The number of non-ortho nitro benzene ring substituents is 1. The molecule has 1 aliphatic heterocycles. The average Bonchev–Trinajstić information content (AvgIpc) is 2.38. The summed E-state index contributed by atoms with van der Waals surface area (Å²) in [5.74, 6) is 0.532. The quantitative estimate of drug-likeness (QED) is 0.508. The van der Waals surface area contributed by atoms with E-state index in [9.17, 15) is 10.1 Å². The van der Waals surface area contributed by atoms with E-state index >= 15 is 0 Å². The van der Waals surface area contributed by atoms with Crippen molar-refractivity contribution in [2.24, 2.45) is 5.92 Å². The lowest BCUT2D eigenvalue weighted by Gasteiger charge is -2.22. The molecule has 1 aliphatic rings. The van der Waals surface area contributed by atoms with Crippen molar-refractivity contribution < 1.29 is 9.66 Å². The zero-order chi connectivity index (χ0) is 13.0. The molecule has 1 unspecified atom stereocenters. The average molecular weight is 362 g/mol. The zero-order valence-electron chi connectivity index (χ0n) is 9.89. The van der Waals surface area contributed by atoms with Crippen molar-refractivity contribution in [2.45, 2.75) is 12.8 Å². The summed E-state index contributed by atoms with van der Waals surface area (Å²) < 4.78 is 6.29. The van der Waals surface area contributed by atoms with Crippen LogP contribution in [0.4, 0.5) is 11.4 Å². The summed E-state index contributed by atoms with van der Waals surface area (Å²) in [6.07, 6.45) is 2.29. The molecule has 0 spiro atoms. The maximum atomic E-state index is 10.6. The highest BCUT2D eigenvalue weighted by Gasteiger charge is 2.14. The standard InChI is InChI=1S/C12H15IN2O3/c13-11-6-10(15(16)17)3-4-12(11)14-7-9-2-1-5-18-8-9/h3-4,6,9,14H,1-2,5,7-8H2. The Labute approximate surface area is 119 Å². The van der Waals surface area contributed by atoms with E-state index in [4.69, 9.17) is 4.74 Å². The van der Waals surface area contributed by atoms with Crippen LogP contribution >= 0.6 is 22.6 Å². The summed E-state index contributed by atoms with van der Waals surface area (Å²) in [5, 5.41) is 14.0. The van der Waals surface area contributed by atoms with Crippen LogP contribution in [0.3, 0.4) is 0 Å². The number of benzene rings is 1. The molecule has 0 amide bonds. The van der Waals surface area contributed by atoms with E-state index in [1.165, 1.54) is 12.5 Å². The second kappa shape index (κ2) is 6.33. The van der Waals surface area contributed by atoms with Crippen LogP contribution < -0.4 is 5.32 Å². The van der Waals surface area contributed by atoms with Crippen molar-refractivity contribution in [3.05, 3.63) is 31.9 Å². The van der Waals surface area contributed by atoms with Gasteiger partial charge in [0.1, 0.15) is 0 Å². The third-order valence-corrected chi connectivity index (χ3v) is 3.89. The number of nitro benzene ring substituents is 1. The lowest BCUT2D eigenvalue weighted by atomic mass is 10.0. The topological polar surface area (TPSA) is 64.4 Å². The molecule has 18 heavy (non-hydrogen) atoms. The van der Waals surface area contributed by atoms with Crippen molar-refractivity contribution in [1.82, 2.24) is 0 Å². The fourth-order valence-corrected chi connectivity index (χ4v) is 2.67. The van der Waals surface area contributed by atoms with Crippen LogP contribution in [0.5, 0.6) is 0 Å². The van der Waals surface area contributed by atoms with E-state index in [0.29, 0.717) is 5.92 Å². The molecule has 1 saturated heterocycles. The number of nitrogens with one attached hydrogen (secondary N) is 1. The molecule has 1 atom stereocenters. The molecule has 5 nitrogen and oxygen atoms in total. The predicted molar refractivity (Wildman–Crippen MR) is 77.8 cm³/mol. The molecule has 1 aromatic carbocycles. The number of ether oxygens (including phenoxy) is 1. The Morgan fingerprint density at radius 1 is 1.56 bits per heavy atom. The van der Waals surface area contributed by atoms with Gasteiger partial charge in [-0.05, 0) is 47.4 Å². The van der Waals surface area contributed by atoms with Crippen LogP contribution in [-0.4, -0.2) is 24.7 Å². The van der Waals surface area contributed by atoms with Crippen LogP contribution in [0.1, 0.15) is 12.8 Å². The molecule has 0 aliphatic carbocycles. The van der Waals surface area contributed by atoms with Gasteiger partial charge >= 0.3 is 0 Å². The summed E-state index contributed by atoms with van der Waals surface area (Å²) in [6, 6.07) is 4.88. The second-order valence-corrected chi connectivity index (χ2v) is 5.55. The van der Waals surface area contributed by atoms with Crippen LogP contribution in [0.25, 0.3) is 0 Å². The first-order valence-corrected chi connectivity index (χ1v) is 7.00. The van der Waals surface area contributed by atoms with E-state index in [0.717, 1.165) is 35.4 Å². The first kappa shape index (κ1) is 13.5. The molecule has 1 aromatic rings. The van der Waals surface area contributed by atoms with Crippen LogP contribution in [0, 0.1) is 19.6 Å². The molecule has 1 heterocycles. The smallest absolute Gasteiger partial charge is 0.270 e. The van der Waals surface area contributed by atoms with Gasteiger partial charge in [-0.3, -0.25) is 10.1 Å². The first-order chi connectivity index (χ1) is 8.66. The van der Waals surface area contributed by atoms with Gasteiger partial charge < -0.3 is 10.1 Å². The highest BCUT2D eigenvalue weighted by Crippen LogP contribution is 2.24. The van der Waals surface area contributed by atoms with Gasteiger partial charge in [-0.2, -0.15) is 0 Å². The number of nitrogens with zero attached hydrogens (tertiary/aromatic N) is 1. The molecule has 6 heteroatoms. The summed E-state index contributed by atoms with van der Waals surface area (Å²) in [6.45, 7) is 2.52. The Hall–Kier alpha value is -0.890. The fraction of sp³-hybridized carbons (Fsp3) is 0.500. The minimum atomic E-state index is -0.374. The normalized spacial score (nSPS) is 19.5. The molecular formula is C12H15IN2O3. The van der Waals surface area contributed by atoms with Crippen molar-refractivity contribution >= 4 is 34.0 Å². The van der Waals surface area contributed by atoms with Crippen LogP contribution in [-0.2, 0) is 4.74 Å².